The zero-order valence-electron chi connectivity index (χ0n) is 17.9. The number of amides is 1. The van der Waals surface area contributed by atoms with Crippen LogP contribution in [0.15, 0.2) is 64.6 Å². The van der Waals surface area contributed by atoms with E-state index < -0.39 is 0 Å². The Labute approximate surface area is 191 Å². The van der Waals surface area contributed by atoms with Gasteiger partial charge >= 0.3 is 0 Å². The van der Waals surface area contributed by atoms with Gasteiger partial charge in [0, 0.05) is 28.9 Å². The van der Waals surface area contributed by atoms with E-state index in [4.69, 9.17) is 0 Å². The first-order chi connectivity index (χ1) is 15.6. The van der Waals surface area contributed by atoms with Crippen LogP contribution in [-0.2, 0) is 4.79 Å². The average molecular weight is 452 g/mol. The molecule has 166 valence electrons. The van der Waals surface area contributed by atoms with Crippen LogP contribution in [0.4, 0.5) is 11.5 Å². The molecule has 2 unspecified atom stereocenters. The Hall–Kier alpha value is -3.08. The Morgan fingerprint density at radius 1 is 1.31 bits per heavy atom. The van der Waals surface area contributed by atoms with Gasteiger partial charge in [-0.25, -0.2) is 9.89 Å². The highest BCUT2D eigenvalue weighted by molar-refractivity contribution is 7.97. The smallest absolute Gasteiger partial charge is 0.233 e. The normalized spacial score (nSPS) is 22.2. The summed E-state index contributed by atoms with van der Waals surface area (Å²) in [6.45, 7) is 4.45. The third kappa shape index (κ3) is 4.72. The number of rotatable bonds is 6. The minimum atomic E-state index is 0.0479. The van der Waals surface area contributed by atoms with Crippen LogP contribution in [-0.4, -0.2) is 45.9 Å². The Bertz CT molecular complexity index is 1070. The highest BCUT2D eigenvalue weighted by atomic mass is 32.2. The molecule has 1 fully saturated rings. The van der Waals surface area contributed by atoms with Gasteiger partial charge in [-0.2, -0.15) is 5.10 Å². The van der Waals surface area contributed by atoms with E-state index in [1.54, 1.807) is 11.9 Å². The number of amidine groups is 1. The number of carbonyl (C=O) groups excluding carboxylic acids is 1. The minimum Gasteiger partial charge on any atom is -0.326 e. The maximum absolute atomic E-state index is 12.5. The number of nitrogens with one attached hydrogen (secondary N) is 5. The van der Waals surface area contributed by atoms with Crippen LogP contribution < -0.4 is 20.9 Å². The van der Waals surface area contributed by atoms with Gasteiger partial charge in [-0.3, -0.25) is 19.5 Å². The number of piperidine rings is 1. The summed E-state index contributed by atoms with van der Waals surface area (Å²) < 4.78 is 2.15. The summed E-state index contributed by atoms with van der Waals surface area (Å²) in [7, 11) is 0. The largest absolute Gasteiger partial charge is 0.326 e. The standard InChI is InChI=1S/C22H26N8OS/c1-15-11-19(28-27-15)26-21-14-29(13-20-24-9-10-30(20)21)32-18-6-4-17(5-7-18)25-22(31)16-3-2-8-23-12-16/h4-7,9-11,14,16,23H,2-3,8,12-13H2,1H3,(H,25,31)(H2,26,27,28)/p+1. The lowest BCUT2D eigenvalue weighted by Crippen LogP contribution is -3.10. The summed E-state index contributed by atoms with van der Waals surface area (Å²) in [6, 6.07) is 9.96. The molecule has 32 heavy (non-hydrogen) atoms. The highest BCUT2D eigenvalue weighted by Crippen LogP contribution is 2.26. The number of quaternary nitrogens is 1. The van der Waals surface area contributed by atoms with E-state index >= 15 is 0 Å². The van der Waals surface area contributed by atoms with Gasteiger partial charge < -0.3 is 10.6 Å². The predicted molar refractivity (Wildman–Crippen MR) is 126 cm³/mol. The van der Waals surface area contributed by atoms with E-state index in [9.17, 15) is 4.79 Å². The molecule has 2 aromatic rings. The number of hydrogen-bond acceptors (Lipinski definition) is 7. The van der Waals surface area contributed by atoms with Gasteiger partial charge in [0.05, 0.1) is 18.3 Å². The summed E-state index contributed by atoms with van der Waals surface area (Å²) in [5, 5.41) is 17.0. The van der Waals surface area contributed by atoms with Crippen molar-refractivity contribution in [3.8, 4) is 0 Å². The molecule has 0 spiro atoms. The van der Waals surface area contributed by atoms with Gasteiger partial charge in [0.2, 0.25) is 17.6 Å². The second kappa shape index (κ2) is 9.19. The Morgan fingerprint density at radius 3 is 2.94 bits per heavy atom. The summed E-state index contributed by atoms with van der Waals surface area (Å²) in [5.74, 6) is 2.91. The number of fused-ring (bicyclic) bond motifs is 1. The molecule has 5 rings (SSSR count). The van der Waals surface area contributed by atoms with Crippen LogP contribution in [0.25, 0.3) is 0 Å². The molecular formula is C22H27N8OS+. The molecular weight excluding hydrogens is 424 g/mol. The lowest BCUT2D eigenvalue weighted by Gasteiger charge is -2.27. The third-order valence-electron chi connectivity index (χ3n) is 5.63. The first kappa shape index (κ1) is 20.8. The molecule has 3 aliphatic rings. The molecule has 3 aliphatic heterocycles. The number of hydrogen-bond donors (Lipinski definition) is 5. The molecule has 0 aliphatic carbocycles. The van der Waals surface area contributed by atoms with Gasteiger partial charge in [-0.15, -0.1) is 0 Å². The second-order valence-electron chi connectivity index (χ2n) is 8.13. The Morgan fingerprint density at radius 2 is 2.19 bits per heavy atom. The number of aryl methyl sites for hydroxylation is 1. The fourth-order valence-corrected chi connectivity index (χ4v) is 4.85. The van der Waals surface area contributed by atoms with Gasteiger partial charge in [0.25, 0.3) is 0 Å². The van der Waals surface area contributed by atoms with Crippen LogP contribution >= 0.6 is 11.9 Å². The average Bonchev–Trinajstić information content (AvgIpc) is 3.44. The van der Waals surface area contributed by atoms with Crippen molar-refractivity contribution in [3.05, 3.63) is 60.4 Å². The molecule has 5 N–H and O–H groups in total. The van der Waals surface area contributed by atoms with Crippen molar-refractivity contribution in [2.45, 2.75) is 24.7 Å². The molecule has 1 aromatic carbocycles. The zero-order valence-corrected chi connectivity index (χ0v) is 18.7. The number of H-pyrrole nitrogens is 1. The maximum atomic E-state index is 12.5. The molecule has 9 nitrogen and oxygen atoms in total. The maximum Gasteiger partial charge on any atom is 0.233 e. The monoisotopic (exact) mass is 451 g/mol. The van der Waals surface area contributed by atoms with E-state index in [1.165, 1.54) is 0 Å². The molecule has 1 amide bonds. The van der Waals surface area contributed by atoms with E-state index in [2.05, 4.69) is 41.6 Å². The fraction of sp³-hybridized carbons (Fsp3) is 0.318. The SMILES string of the molecule is Cc1cc(NC2=CN(Sc3ccc(NC(=O)C4CCCNC4)cc3)CC3=NC=C[NH+]23)n[nH]1. The Balaban J connectivity index is 1.24. The van der Waals surface area contributed by atoms with E-state index in [0.29, 0.717) is 6.54 Å². The Kier molecular flexibility index (Phi) is 5.97. The number of aromatic nitrogens is 2. The van der Waals surface area contributed by atoms with E-state index in [-0.39, 0.29) is 11.8 Å². The van der Waals surface area contributed by atoms with Gasteiger partial charge in [-0.05, 0) is 62.5 Å². The van der Waals surface area contributed by atoms with Crippen LogP contribution in [0.1, 0.15) is 18.5 Å². The number of aromatic amines is 1. The van der Waals surface area contributed by atoms with Crippen LogP contribution in [0.3, 0.4) is 0 Å². The number of nitrogens with zero attached hydrogens (tertiary/aromatic N) is 3. The van der Waals surface area contributed by atoms with Crippen molar-refractivity contribution < 1.29 is 9.69 Å². The fourth-order valence-electron chi connectivity index (χ4n) is 3.98. The van der Waals surface area contributed by atoms with Crippen LogP contribution in [0.5, 0.6) is 0 Å². The number of carbonyl (C=O) groups is 1. The van der Waals surface area contributed by atoms with Crippen molar-refractivity contribution in [1.82, 2.24) is 19.8 Å². The molecule has 4 heterocycles. The van der Waals surface area contributed by atoms with Crippen molar-refractivity contribution in [2.75, 3.05) is 30.3 Å². The number of anilines is 2. The molecule has 0 radical (unpaired) electrons. The predicted octanol–water partition coefficient (Wildman–Crippen LogP) is 1.66. The third-order valence-corrected chi connectivity index (χ3v) is 6.58. The zero-order chi connectivity index (χ0) is 21.9. The molecule has 1 saturated heterocycles. The molecule has 1 aromatic heterocycles. The van der Waals surface area contributed by atoms with Gasteiger partial charge in [-0.1, -0.05) is 0 Å². The summed E-state index contributed by atoms with van der Waals surface area (Å²) in [6.07, 6.45) is 7.94. The van der Waals surface area contributed by atoms with Gasteiger partial charge in [0.1, 0.15) is 12.7 Å². The second-order valence-corrected chi connectivity index (χ2v) is 9.26. The topological polar surface area (TPSA) is 102 Å². The number of aliphatic imine (C=N–C) groups is 1. The quantitative estimate of drug-likeness (QED) is 0.428. The summed E-state index contributed by atoms with van der Waals surface area (Å²) in [4.78, 5) is 19.2. The molecule has 0 bridgehead atoms. The lowest BCUT2D eigenvalue weighted by molar-refractivity contribution is -0.699. The first-order valence-corrected chi connectivity index (χ1v) is 11.6. The minimum absolute atomic E-state index is 0.0479. The van der Waals surface area contributed by atoms with Crippen LogP contribution in [0.2, 0.25) is 0 Å². The number of benzene rings is 1. The van der Waals surface area contributed by atoms with E-state index in [0.717, 1.165) is 64.6 Å². The molecule has 10 heteroatoms. The molecule has 2 atom stereocenters. The summed E-state index contributed by atoms with van der Waals surface area (Å²) >= 11 is 1.63. The molecule has 0 saturated carbocycles. The van der Waals surface area contributed by atoms with Crippen molar-refractivity contribution in [3.63, 3.8) is 0 Å². The van der Waals surface area contributed by atoms with E-state index in [1.807, 2.05) is 49.7 Å². The van der Waals surface area contributed by atoms with Crippen molar-refractivity contribution in [1.29, 1.82) is 0 Å². The van der Waals surface area contributed by atoms with Crippen molar-refractivity contribution in [2.24, 2.45) is 10.9 Å². The summed E-state index contributed by atoms with van der Waals surface area (Å²) in [5.41, 5.74) is 1.83. The van der Waals surface area contributed by atoms with Gasteiger partial charge in [0.15, 0.2) is 5.82 Å². The van der Waals surface area contributed by atoms with Crippen LogP contribution in [0, 0.1) is 12.8 Å². The first-order valence-electron chi connectivity index (χ1n) is 10.8. The van der Waals surface area contributed by atoms with Crippen molar-refractivity contribution >= 4 is 35.2 Å². The highest BCUT2D eigenvalue weighted by Gasteiger charge is 2.32. The lowest BCUT2D eigenvalue weighted by atomic mass is 9.99.